The van der Waals surface area contributed by atoms with Gasteiger partial charge in [-0.05, 0) is 45.1 Å². The van der Waals surface area contributed by atoms with E-state index in [2.05, 4.69) is 10.2 Å². The third kappa shape index (κ3) is 1.89. The lowest BCUT2D eigenvalue weighted by Crippen LogP contribution is -2.55. The standard InChI is InChI=1S/C13H18F3N3/c1-18-8-9-19-10(2-3-11(19)13(14,15)16)12(18)4-6-17-7-5-12/h2-3,17H,4-9H2,1H3. The molecule has 3 nitrogen and oxygen atoms in total. The summed E-state index contributed by atoms with van der Waals surface area (Å²) >= 11 is 0. The molecular formula is C13H18F3N3. The molecule has 19 heavy (non-hydrogen) atoms. The van der Waals surface area contributed by atoms with Crippen molar-refractivity contribution in [3.63, 3.8) is 0 Å². The monoisotopic (exact) mass is 273 g/mol. The molecule has 0 aliphatic carbocycles. The van der Waals surface area contributed by atoms with Crippen molar-refractivity contribution in [3.05, 3.63) is 23.5 Å². The van der Waals surface area contributed by atoms with E-state index in [1.54, 1.807) is 6.07 Å². The van der Waals surface area contributed by atoms with Crippen molar-refractivity contribution in [2.75, 3.05) is 26.7 Å². The third-order valence-electron chi connectivity index (χ3n) is 4.57. The summed E-state index contributed by atoms with van der Waals surface area (Å²) in [5.41, 5.74) is 0.0936. The average molecular weight is 273 g/mol. The minimum absolute atomic E-state index is 0.229. The number of nitrogens with zero attached hydrogens (tertiary/aromatic N) is 2. The molecule has 6 heteroatoms. The van der Waals surface area contributed by atoms with E-state index < -0.39 is 11.9 Å². The maximum Gasteiger partial charge on any atom is 0.431 e. The van der Waals surface area contributed by atoms with Crippen LogP contribution in [0.4, 0.5) is 13.2 Å². The molecule has 1 saturated heterocycles. The number of aromatic nitrogens is 1. The predicted molar refractivity (Wildman–Crippen MR) is 65.8 cm³/mol. The quantitative estimate of drug-likeness (QED) is 0.780. The number of fused-ring (bicyclic) bond motifs is 2. The highest BCUT2D eigenvalue weighted by Gasteiger charge is 2.45. The second kappa shape index (κ2) is 4.24. The fraction of sp³-hybridized carbons (Fsp3) is 0.692. The first-order chi connectivity index (χ1) is 8.95. The molecule has 1 aromatic heterocycles. The summed E-state index contributed by atoms with van der Waals surface area (Å²) in [6, 6.07) is 2.90. The Morgan fingerprint density at radius 1 is 1.16 bits per heavy atom. The van der Waals surface area contributed by atoms with Crippen LogP contribution in [0.1, 0.15) is 24.2 Å². The Balaban J connectivity index is 2.09. The molecule has 0 aromatic carbocycles. The van der Waals surface area contributed by atoms with E-state index in [9.17, 15) is 13.2 Å². The van der Waals surface area contributed by atoms with E-state index in [1.807, 2.05) is 7.05 Å². The van der Waals surface area contributed by atoms with Crippen molar-refractivity contribution in [3.8, 4) is 0 Å². The number of piperidine rings is 1. The largest absolute Gasteiger partial charge is 0.431 e. The van der Waals surface area contributed by atoms with Crippen LogP contribution in [0, 0.1) is 0 Å². The summed E-state index contributed by atoms with van der Waals surface area (Å²) in [7, 11) is 2.02. The summed E-state index contributed by atoms with van der Waals surface area (Å²) in [5, 5.41) is 3.29. The SMILES string of the molecule is CN1CCn2c(C(F)(F)F)ccc2C12CCNCC2. The Labute approximate surface area is 110 Å². The first kappa shape index (κ1) is 13.0. The summed E-state index contributed by atoms with van der Waals surface area (Å²) < 4.78 is 40.5. The minimum atomic E-state index is -4.26. The van der Waals surface area contributed by atoms with Crippen LogP contribution < -0.4 is 5.32 Å². The van der Waals surface area contributed by atoms with Gasteiger partial charge in [-0.2, -0.15) is 13.2 Å². The Kier molecular flexibility index (Phi) is 2.90. The van der Waals surface area contributed by atoms with Gasteiger partial charge in [0.1, 0.15) is 5.69 Å². The van der Waals surface area contributed by atoms with Gasteiger partial charge in [0.05, 0.1) is 5.54 Å². The zero-order valence-electron chi connectivity index (χ0n) is 10.9. The van der Waals surface area contributed by atoms with Gasteiger partial charge in [0.15, 0.2) is 0 Å². The summed E-state index contributed by atoms with van der Waals surface area (Å²) in [6.07, 6.45) is -2.53. The van der Waals surface area contributed by atoms with E-state index in [1.165, 1.54) is 10.6 Å². The number of hydrogen-bond donors (Lipinski definition) is 1. The summed E-state index contributed by atoms with van der Waals surface area (Å²) in [5.74, 6) is 0. The smallest absolute Gasteiger partial charge is 0.338 e. The second-order valence-corrected chi connectivity index (χ2v) is 5.46. The van der Waals surface area contributed by atoms with Crippen LogP contribution in [0.25, 0.3) is 0 Å². The number of likely N-dealkylation sites (N-methyl/N-ethyl adjacent to an activating group) is 1. The van der Waals surface area contributed by atoms with Gasteiger partial charge in [0.25, 0.3) is 0 Å². The average Bonchev–Trinajstić information content (AvgIpc) is 2.80. The van der Waals surface area contributed by atoms with Crippen molar-refractivity contribution in [1.29, 1.82) is 0 Å². The highest BCUT2D eigenvalue weighted by molar-refractivity contribution is 5.28. The predicted octanol–water partition coefficient (Wildman–Crippen LogP) is 2.03. The topological polar surface area (TPSA) is 20.2 Å². The van der Waals surface area contributed by atoms with E-state index in [0.717, 1.165) is 31.6 Å². The van der Waals surface area contributed by atoms with Crippen LogP contribution in [0.15, 0.2) is 12.1 Å². The van der Waals surface area contributed by atoms with Gasteiger partial charge in [-0.25, -0.2) is 0 Å². The van der Waals surface area contributed by atoms with Crippen LogP contribution in [-0.4, -0.2) is 36.1 Å². The first-order valence-corrected chi connectivity index (χ1v) is 6.64. The van der Waals surface area contributed by atoms with Crippen LogP contribution in [0.5, 0.6) is 0 Å². The van der Waals surface area contributed by atoms with Crippen molar-refractivity contribution < 1.29 is 13.2 Å². The zero-order valence-corrected chi connectivity index (χ0v) is 10.9. The van der Waals surface area contributed by atoms with Gasteiger partial charge >= 0.3 is 6.18 Å². The van der Waals surface area contributed by atoms with E-state index in [4.69, 9.17) is 0 Å². The molecule has 1 spiro atoms. The van der Waals surface area contributed by atoms with Crippen LogP contribution >= 0.6 is 0 Å². The molecule has 1 N–H and O–H groups in total. The van der Waals surface area contributed by atoms with Crippen molar-refractivity contribution >= 4 is 0 Å². The molecule has 0 saturated carbocycles. The molecule has 0 unspecified atom stereocenters. The number of nitrogens with one attached hydrogen (secondary N) is 1. The Morgan fingerprint density at radius 3 is 2.47 bits per heavy atom. The molecule has 0 bridgehead atoms. The minimum Gasteiger partial charge on any atom is -0.338 e. The van der Waals surface area contributed by atoms with Gasteiger partial charge in [-0.1, -0.05) is 0 Å². The third-order valence-corrected chi connectivity index (χ3v) is 4.57. The number of rotatable bonds is 0. The molecule has 0 amide bonds. The lowest BCUT2D eigenvalue weighted by molar-refractivity contribution is -0.144. The number of hydrogen-bond acceptors (Lipinski definition) is 2. The molecule has 0 radical (unpaired) electrons. The lowest BCUT2D eigenvalue weighted by Gasteiger charge is -2.48. The summed E-state index contributed by atoms with van der Waals surface area (Å²) in [6.45, 7) is 2.81. The molecule has 3 rings (SSSR count). The van der Waals surface area contributed by atoms with Gasteiger partial charge in [0, 0.05) is 18.8 Å². The molecule has 106 valence electrons. The highest BCUT2D eigenvalue weighted by Crippen LogP contribution is 2.42. The van der Waals surface area contributed by atoms with Crippen molar-refractivity contribution in [2.45, 2.75) is 31.1 Å². The van der Waals surface area contributed by atoms with Crippen LogP contribution in [0.3, 0.4) is 0 Å². The molecule has 1 fully saturated rings. The van der Waals surface area contributed by atoms with Gasteiger partial charge in [0.2, 0.25) is 0 Å². The number of halogens is 3. The fourth-order valence-electron chi connectivity index (χ4n) is 3.50. The van der Waals surface area contributed by atoms with Crippen molar-refractivity contribution in [1.82, 2.24) is 14.8 Å². The van der Waals surface area contributed by atoms with E-state index >= 15 is 0 Å². The maximum absolute atomic E-state index is 13.0. The molecule has 2 aliphatic rings. The highest BCUT2D eigenvalue weighted by atomic mass is 19.4. The van der Waals surface area contributed by atoms with Gasteiger partial charge < -0.3 is 9.88 Å². The fourth-order valence-corrected chi connectivity index (χ4v) is 3.50. The molecule has 2 aliphatic heterocycles. The summed E-state index contributed by atoms with van der Waals surface area (Å²) in [4.78, 5) is 2.23. The maximum atomic E-state index is 13.0. The second-order valence-electron chi connectivity index (χ2n) is 5.46. The Morgan fingerprint density at radius 2 is 1.84 bits per heavy atom. The Bertz CT molecular complexity index is 472. The molecule has 1 aromatic rings. The molecular weight excluding hydrogens is 255 g/mol. The molecule has 0 atom stereocenters. The van der Waals surface area contributed by atoms with Crippen LogP contribution in [-0.2, 0) is 18.3 Å². The van der Waals surface area contributed by atoms with Crippen molar-refractivity contribution in [2.24, 2.45) is 0 Å². The lowest BCUT2D eigenvalue weighted by atomic mass is 9.82. The number of alkyl halides is 3. The van der Waals surface area contributed by atoms with E-state index in [0.29, 0.717) is 13.1 Å². The van der Waals surface area contributed by atoms with Crippen LogP contribution in [0.2, 0.25) is 0 Å². The zero-order chi connectivity index (χ0) is 13.7. The normalized spacial score (nSPS) is 23.6. The van der Waals surface area contributed by atoms with Gasteiger partial charge in [-0.15, -0.1) is 0 Å². The Hall–Kier alpha value is -1.01. The van der Waals surface area contributed by atoms with E-state index in [-0.39, 0.29) is 5.54 Å². The molecule has 3 heterocycles. The first-order valence-electron chi connectivity index (χ1n) is 6.64. The van der Waals surface area contributed by atoms with Gasteiger partial charge in [-0.3, -0.25) is 4.90 Å².